The van der Waals surface area contributed by atoms with Gasteiger partial charge in [0, 0.05) is 18.1 Å². The molecule has 0 aromatic heterocycles. The van der Waals surface area contributed by atoms with Gasteiger partial charge in [-0.25, -0.2) is 4.79 Å². The van der Waals surface area contributed by atoms with Crippen molar-refractivity contribution >= 4 is 27.6 Å². The first-order chi connectivity index (χ1) is 9.47. The molecule has 0 fully saturated rings. The third-order valence-corrected chi connectivity index (χ3v) is 3.60. The SMILES string of the molecule is Cc1cccc(CN(C)c2cc(Br)ccc2C(=O)O)c1. The van der Waals surface area contributed by atoms with Crippen molar-refractivity contribution in [3.8, 4) is 0 Å². The summed E-state index contributed by atoms with van der Waals surface area (Å²) in [5, 5.41) is 9.27. The topological polar surface area (TPSA) is 40.5 Å². The maximum absolute atomic E-state index is 11.3. The number of rotatable bonds is 4. The number of nitrogens with zero attached hydrogens (tertiary/aromatic N) is 1. The summed E-state index contributed by atoms with van der Waals surface area (Å²) in [6.45, 7) is 2.71. The van der Waals surface area contributed by atoms with Gasteiger partial charge in [-0.2, -0.15) is 0 Å². The van der Waals surface area contributed by atoms with Crippen molar-refractivity contribution in [2.45, 2.75) is 13.5 Å². The van der Waals surface area contributed by atoms with Crippen molar-refractivity contribution in [3.63, 3.8) is 0 Å². The summed E-state index contributed by atoms with van der Waals surface area (Å²) in [5.41, 5.74) is 3.36. The normalized spacial score (nSPS) is 10.3. The smallest absolute Gasteiger partial charge is 0.337 e. The van der Waals surface area contributed by atoms with Gasteiger partial charge in [0.2, 0.25) is 0 Å². The number of carbonyl (C=O) groups is 1. The molecule has 0 bridgehead atoms. The fourth-order valence-corrected chi connectivity index (χ4v) is 2.52. The van der Waals surface area contributed by atoms with Crippen molar-refractivity contribution in [2.24, 2.45) is 0 Å². The molecule has 2 aromatic carbocycles. The Hall–Kier alpha value is -1.81. The number of carboxylic acids is 1. The van der Waals surface area contributed by atoms with Crippen LogP contribution in [0.4, 0.5) is 5.69 Å². The molecule has 2 rings (SSSR count). The van der Waals surface area contributed by atoms with Crippen LogP contribution in [0.25, 0.3) is 0 Å². The molecule has 0 amide bonds. The van der Waals surface area contributed by atoms with Gasteiger partial charge in [0.25, 0.3) is 0 Å². The Kier molecular flexibility index (Phi) is 4.45. The molecule has 20 heavy (non-hydrogen) atoms. The fourth-order valence-electron chi connectivity index (χ4n) is 2.17. The zero-order chi connectivity index (χ0) is 14.7. The van der Waals surface area contributed by atoms with Crippen LogP contribution in [-0.2, 0) is 6.54 Å². The van der Waals surface area contributed by atoms with Crippen molar-refractivity contribution in [2.75, 3.05) is 11.9 Å². The van der Waals surface area contributed by atoms with E-state index in [-0.39, 0.29) is 0 Å². The third-order valence-electron chi connectivity index (χ3n) is 3.10. The highest BCUT2D eigenvalue weighted by atomic mass is 79.9. The van der Waals surface area contributed by atoms with Gasteiger partial charge in [0.05, 0.1) is 11.3 Å². The summed E-state index contributed by atoms with van der Waals surface area (Å²) in [5.74, 6) is -0.913. The second kappa shape index (κ2) is 6.09. The van der Waals surface area contributed by atoms with Gasteiger partial charge in [0.1, 0.15) is 0 Å². The molecule has 0 spiro atoms. The molecule has 0 saturated carbocycles. The summed E-state index contributed by atoms with van der Waals surface area (Å²) < 4.78 is 0.869. The Balaban J connectivity index is 2.31. The van der Waals surface area contributed by atoms with E-state index in [1.165, 1.54) is 5.56 Å². The number of benzene rings is 2. The summed E-state index contributed by atoms with van der Waals surface area (Å²) in [4.78, 5) is 13.2. The van der Waals surface area contributed by atoms with Crippen LogP contribution in [0.15, 0.2) is 46.9 Å². The van der Waals surface area contributed by atoms with E-state index in [0.717, 1.165) is 10.0 Å². The molecular formula is C16H16BrNO2. The maximum Gasteiger partial charge on any atom is 0.337 e. The Bertz CT molecular complexity index is 640. The average Bonchev–Trinajstić information content (AvgIpc) is 2.38. The summed E-state index contributed by atoms with van der Waals surface area (Å²) in [6.07, 6.45) is 0. The van der Waals surface area contributed by atoms with Crippen molar-refractivity contribution in [1.29, 1.82) is 0 Å². The Morgan fingerprint density at radius 1 is 1.25 bits per heavy atom. The van der Waals surface area contributed by atoms with E-state index < -0.39 is 5.97 Å². The molecule has 0 heterocycles. The van der Waals surface area contributed by atoms with Crippen LogP contribution in [0.1, 0.15) is 21.5 Å². The highest BCUT2D eigenvalue weighted by Crippen LogP contribution is 2.25. The maximum atomic E-state index is 11.3. The zero-order valence-electron chi connectivity index (χ0n) is 11.4. The van der Waals surface area contributed by atoms with E-state index in [2.05, 4.69) is 22.0 Å². The van der Waals surface area contributed by atoms with Crippen LogP contribution in [0, 0.1) is 6.92 Å². The van der Waals surface area contributed by atoms with Gasteiger partial charge in [0.15, 0.2) is 0 Å². The van der Waals surface area contributed by atoms with Crippen molar-refractivity contribution in [3.05, 3.63) is 63.6 Å². The molecule has 3 nitrogen and oxygen atoms in total. The quantitative estimate of drug-likeness (QED) is 0.915. The molecule has 0 aliphatic rings. The molecule has 0 atom stereocenters. The van der Waals surface area contributed by atoms with Gasteiger partial charge < -0.3 is 10.0 Å². The first-order valence-electron chi connectivity index (χ1n) is 6.27. The van der Waals surface area contributed by atoms with Crippen LogP contribution >= 0.6 is 15.9 Å². The highest BCUT2D eigenvalue weighted by Gasteiger charge is 2.14. The van der Waals surface area contributed by atoms with E-state index in [9.17, 15) is 9.90 Å². The standard InChI is InChI=1S/C16H16BrNO2/c1-11-4-3-5-12(8-11)10-18(2)15-9-13(17)6-7-14(15)16(19)20/h3-9H,10H2,1-2H3,(H,19,20). The molecule has 0 radical (unpaired) electrons. The zero-order valence-corrected chi connectivity index (χ0v) is 13.0. The largest absolute Gasteiger partial charge is 0.478 e. The summed E-state index contributed by atoms with van der Waals surface area (Å²) in [6, 6.07) is 13.4. The fraction of sp³-hybridized carbons (Fsp3) is 0.188. The molecule has 4 heteroatoms. The number of aryl methyl sites for hydroxylation is 1. The molecule has 104 valence electrons. The number of halogens is 1. The molecule has 2 aromatic rings. The van der Waals surface area contributed by atoms with Crippen LogP contribution in [-0.4, -0.2) is 18.1 Å². The van der Waals surface area contributed by atoms with E-state index in [1.807, 2.05) is 43.1 Å². The van der Waals surface area contributed by atoms with E-state index in [4.69, 9.17) is 0 Å². The van der Waals surface area contributed by atoms with Gasteiger partial charge in [-0.1, -0.05) is 45.8 Å². The number of carboxylic acid groups (broad SMARTS) is 1. The van der Waals surface area contributed by atoms with Crippen molar-refractivity contribution in [1.82, 2.24) is 0 Å². The van der Waals surface area contributed by atoms with Crippen molar-refractivity contribution < 1.29 is 9.90 Å². The predicted octanol–water partition coefficient (Wildman–Crippen LogP) is 4.09. The van der Waals surface area contributed by atoms with E-state index >= 15 is 0 Å². The van der Waals surface area contributed by atoms with Gasteiger partial charge in [-0.15, -0.1) is 0 Å². The first-order valence-corrected chi connectivity index (χ1v) is 7.06. The van der Waals surface area contributed by atoms with E-state index in [0.29, 0.717) is 17.8 Å². The highest BCUT2D eigenvalue weighted by molar-refractivity contribution is 9.10. The van der Waals surface area contributed by atoms with Gasteiger partial charge >= 0.3 is 5.97 Å². The number of anilines is 1. The lowest BCUT2D eigenvalue weighted by Crippen LogP contribution is -2.19. The molecule has 0 saturated heterocycles. The summed E-state index contributed by atoms with van der Waals surface area (Å²) >= 11 is 3.39. The Labute approximate surface area is 127 Å². The molecule has 1 N–H and O–H groups in total. The number of hydrogen-bond donors (Lipinski definition) is 1. The minimum absolute atomic E-state index is 0.309. The van der Waals surface area contributed by atoms with Crippen LogP contribution in [0.2, 0.25) is 0 Å². The monoisotopic (exact) mass is 333 g/mol. The van der Waals surface area contributed by atoms with Crippen LogP contribution in [0.5, 0.6) is 0 Å². The lowest BCUT2D eigenvalue weighted by molar-refractivity contribution is 0.0697. The van der Waals surface area contributed by atoms with Gasteiger partial charge in [-0.3, -0.25) is 0 Å². The predicted molar refractivity (Wildman–Crippen MR) is 84.4 cm³/mol. The van der Waals surface area contributed by atoms with Crippen LogP contribution in [0.3, 0.4) is 0 Å². The minimum Gasteiger partial charge on any atom is -0.478 e. The average molecular weight is 334 g/mol. The lowest BCUT2D eigenvalue weighted by atomic mass is 10.1. The number of hydrogen-bond acceptors (Lipinski definition) is 2. The third kappa shape index (κ3) is 3.39. The van der Waals surface area contributed by atoms with Gasteiger partial charge in [-0.05, 0) is 30.7 Å². The second-order valence-electron chi connectivity index (χ2n) is 4.81. The molecule has 0 unspecified atom stereocenters. The first kappa shape index (κ1) is 14.6. The lowest BCUT2D eigenvalue weighted by Gasteiger charge is -2.22. The Morgan fingerprint density at radius 3 is 2.65 bits per heavy atom. The van der Waals surface area contributed by atoms with Crippen LogP contribution < -0.4 is 4.90 Å². The molecular weight excluding hydrogens is 318 g/mol. The number of aromatic carboxylic acids is 1. The summed E-state index contributed by atoms with van der Waals surface area (Å²) in [7, 11) is 1.90. The second-order valence-corrected chi connectivity index (χ2v) is 5.73. The molecule has 0 aliphatic carbocycles. The molecule has 0 aliphatic heterocycles. The van der Waals surface area contributed by atoms with E-state index in [1.54, 1.807) is 12.1 Å². The Morgan fingerprint density at radius 2 is 2.00 bits per heavy atom. The minimum atomic E-state index is -0.913.